The van der Waals surface area contributed by atoms with E-state index in [1.165, 1.54) is 23.3 Å². The number of carbonyl (C=O) groups is 2. The zero-order chi connectivity index (χ0) is 23.7. The Balaban J connectivity index is 1.23. The molecule has 1 aliphatic heterocycles. The van der Waals surface area contributed by atoms with E-state index in [-0.39, 0.29) is 18.3 Å². The van der Waals surface area contributed by atoms with Crippen molar-refractivity contribution in [3.8, 4) is 11.1 Å². The molecular formula is C28H26FNO4. The first-order valence-electron chi connectivity index (χ1n) is 11.5. The van der Waals surface area contributed by atoms with Crippen molar-refractivity contribution in [1.29, 1.82) is 0 Å². The van der Waals surface area contributed by atoms with Gasteiger partial charge in [0.1, 0.15) is 12.4 Å². The van der Waals surface area contributed by atoms with E-state index in [0.29, 0.717) is 32.4 Å². The highest BCUT2D eigenvalue weighted by Crippen LogP contribution is 2.44. The Kier molecular flexibility index (Phi) is 5.82. The van der Waals surface area contributed by atoms with Crippen LogP contribution in [0.5, 0.6) is 0 Å². The molecule has 1 saturated heterocycles. The molecule has 174 valence electrons. The molecule has 1 fully saturated rings. The van der Waals surface area contributed by atoms with E-state index in [1.807, 2.05) is 24.3 Å². The number of piperidine rings is 1. The Morgan fingerprint density at radius 3 is 2.03 bits per heavy atom. The molecule has 1 amide bonds. The summed E-state index contributed by atoms with van der Waals surface area (Å²) in [4.78, 5) is 26.6. The first-order chi connectivity index (χ1) is 16.5. The minimum Gasteiger partial charge on any atom is -0.481 e. The van der Waals surface area contributed by atoms with Crippen LogP contribution >= 0.6 is 0 Å². The number of carbonyl (C=O) groups excluding carboxylic acids is 1. The predicted octanol–water partition coefficient (Wildman–Crippen LogP) is 5.48. The van der Waals surface area contributed by atoms with Crippen molar-refractivity contribution in [2.75, 3.05) is 19.7 Å². The molecule has 1 aliphatic carbocycles. The Bertz CT molecular complexity index is 1170. The molecule has 0 bridgehead atoms. The van der Waals surface area contributed by atoms with Crippen molar-refractivity contribution in [3.63, 3.8) is 0 Å². The normalized spacial score (nSPS) is 16.6. The average Bonchev–Trinajstić information content (AvgIpc) is 3.18. The predicted molar refractivity (Wildman–Crippen MR) is 126 cm³/mol. The topological polar surface area (TPSA) is 66.8 Å². The Morgan fingerprint density at radius 1 is 0.912 bits per heavy atom. The number of rotatable bonds is 5. The second-order valence-corrected chi connectivity index (χ2v) is 9.18. The molecule has 3 aromatic carbocycles. The standard InChI is InChI=1S/C28H26FNO4/c29-20-11-9-19(10-12-20)17-28(26(31)32)13-15-30(16-14-28)27(33)34-18-25-23-7-3-1-5-21(23)22-6-2-4-8-24(22)25/h1-12,25H,13-18H2,(H,31,32). The van der Waals surface area contributed by atoms with E-state index in [0.717, 1.165) is 16.7 Å². The van der Waals surface area contributed by atoms with Crippen LogP contribution in [0, 0.1) is 11.2 Å². The molecule has 0 aromatic heterocycles. The van der Waals surface area contributed by atoms with Gasteiger partial charge < -0.3 is 14.7 Å². The third-order valence-electron chi connectivity index (χ3n) is 7.22. The number of nitrogens with zero attached hydrogens (tertiary/aromatic N) is 1. The number of aliphatic carboxylic acids is 1. The van der Waals surface area contributed by atoms with Crippen LogP contribution < -0.4 is 0 Å². The highest BCUT2D eigenvalue weighted by molar-refractivity contribution is 5.79. The van der Waals surface area contributed by atoms with E-state index >= 15 is 0 Å². The summed E-state index contributed by atoms with van der Waals surface area (Å²) in [6, 6.07) is 22.3. The average molecular weight is 460 g/mol. The number of amides is 1. The van der Waals surface area contributed by atoms with Crippen LogP contribution in [0.3, 0.4) is 0 Å². The quantitative estimate of drug-likeness (QED) is 0.548. The van der Waals surface area contributed by atoms with E-state index in [4.69, 9.17) is 4.74 Å². The molecule has 5 rings (SSSR count). The van der Waals surface area contributed by atoms with Crippen LogP contribution in [0.15, 0.2) is 72.8 Å². The van der Waals surface area contributed by atoms with Gasteiger partial charge >= 0.3 is 12.1 Å². The van der Waals surface area contributed by atoms with Crippen molar-refractivity contribution >= 4 is 12.1 Å². The van der Waals surface area contributed by atoms with Gasteiger partial charge in [0.2, 0.25) is 0 Å². The summed E-state index contributed by atoms with van der Waals surface area (Å²) in [6.45, 7) is 0.858. The van der Waals surface area contributed by atoms with Crippen LogP contribution in [-0.4, -0.2) is 41.8 Å². The van der Waals surface area contributed by atoms with Crippen molar-refractivity contribution in [2.24, 2.45) is 5.41 Å². The molecule has 0 spiro atoms. The maximum Gasteiger partial charge on any atom is 0.409 e. The number of hydrogen-bond acceptors (Lipinski definition) is 3. The number of likely N-dealkylation sites (tertiary alicyclic amines) is 1. The summed E-state index contributed by atoms with van der Waals surface area (Å²) in [6.07, 6.45) is 0.539. The monoisotopic (exact) mass is 459 g/mol. The highest BCUT2D eigenvalue weighted by atomic mass is 19.1. The fourth-order valence-electron chi connectivity index (χ4n) is 5.26. The van der Waals surface area contributed by atoms with Gasteiger partial charge in [-0.3, -0.25) is 4.79 Å². The molecule has 1 N–H and O–H groups in total. The maximum atomic E-state index is 13.2. The van der Waals surface area contributed by atoms with Gasteiger partial charge in [-0.1, -0.05) is 60.7 Å². The van der Waals surface area contributed by atoms with Gasteiger partial charge in [0, 0.05) is 19.0 Å². The lowest BCUT2D eigenvalue weighted by molar-refractivity contribution is -0.151. The molecule has 3 aromatic rings. The lowest BCUT2D eigenvalue weighted by Gasteiger charge is -2.38. The van der Waals surface area contributed by atoms with Gasteiger partial charge in [0.15, 0.2) is 0 Å². The fraction of sp³-hybridized carbons (Fsp3) is 0.286. The minimum atomic E-state index is -0.974. The summed E-state index contributed by atoms with van der Waals surface area (Å²) in [7, 11) is 0. The summed E-state index contributed by atoms with van der Waals surface area (Å²) < 4.78 is 19.0. The molecular weight excluding hydrogens is 433 g/mol. The molecule has 0 atom stereocenters. The smallest absolute Gasteiger partial charge is 0.409 e. The second kappa shape index (κ2) is 8.93. The molecule has 6 heteroatoms. The van der Waals surface area contributed by atoms with E-state index < -0.39 is 17.5 Å². The van der Waals surface area contributed by atoms with E-state index in [9.17, 15) is 19.1 Å². The number of ether oxygens (including phenoxy) is 1. The first kappa shape index (κ1) is 22.1. The largest absolute Gasteiger partial charge is 0.481 e. The molecule has 0 unspecified atom stereocenters. The zero-order valence-electron chi connectivity index (χ0n) is 18.7. The van der Waals surface area contributed by atoms with Crippen LogP contribution in [0.1, 0.15) is 35.4 Å². The number of halogens is 1. The lowest BCUT2D eigenvalue weighted by atomic mass is 9.74. The molecule has 2 aliphatic rings. The van der Waals surface area contributed by atoms with Crippen molar-refractivity contribution in [2.45, 2.75) is 25.2 Å². The third kappa shape index (κ3) is 4.04. The summed E-state index contributed by atoms with van der Waals surface area (Å²) >= 11 is 0. The van der Waals surface area contributed by atoms with Gasteiger partial charge in [-0.2, -0.15) is 0 Å². The van der Waals surface area contributed by atoms with Gasteiger partial charge in [-0.05, 0) is 59.2 Å². The Hall–Kier alpha value is -3.67. The van der Waals surface area contributed by atoms with Crippen molar-refractivity contribution in [3.05, 3.63) is 95.3 Å². The zero-order valence-corrected chi connectivity index (χ0v) is 18.7. The minimum absolute atomic E-state index is 0.0160. The first-order valence-corrected chi connectivity index (χ1v) is 11.5. The number of carboxylic acid groups (broad SMARTS) is 1. The Morgan fingerprint density at radius 2 is 1.47 bits per heavy atom. The van der Waals surface area contributed by atoms with Gasteiger partial charge in [-0.25, -0.2) is 9.18 Å². The highest BCUT2D eigenvalue weighted by Gasteiger charge is 2.43. The van der Waals surface area contributed by atoms with Crippen LogP contribution in [0.4, 0.5) is 9.18 Å². The maximum absolute atomic E-state index is 13.2. The molecule has 1 heterocycles. The number of hydrogen-bond donors (Lipinski definition) is 1. The summed E-state index contributed by atoms with van der Waals surface area (Å²) in [5, 5.41) is 9.95. The number of carboxylic acids is 1. The third-order valence-corrected chi connectivity index (χ3v) is 7.22. The van der Waals surface area contributed by atoms with Gasteiger partial charge in [0.05, 0.1) is 5.41 Å². The lowest BCUT2D eigenvalue weighted by Crippen LogP contribution is -2.47. The van der Waals surface area contributed by atoms with E-state index in [1.54, 1.807) is 17.0 Å². The van der Waals surface area contributed by atoms with Gasteiger partial charge in [-0.15, -0.1) is 0 Å². The Labute approximate surface area is 197 Å². The molecule has 5 nitrogen and oxygen atoms in total. The fourth-order valence-corrected chi connectivity index (χ4v) is 5.26. The summed E-state index contributed by atoms with van der Waals surface area (Å²) in [5.74, 6) is -1.25. The van der Waals surface area contributed by atoms with E-state index in [2.05, 4.69) is 24.3 Å². The van der Waals surface area contributed by atoms with Gasteiger partial charge in [0.25, 0.3) is 0 Å². The van der Waals surface area contributed by atoms with Crippen LogP contribution in [-0.2, 0) is 16.0 Å². The number of fused-ring (bicyclic) bond motifs is 3. The molecule has 0 saturated carbocycles. The van der Waals surface area contributed by atoms with Crippen molar-refractivity contribution < 1.29 is 23.8 Å². The molecule has 0 radical (unpaired) electrons. The van der Waals surface area contributed by atoms with Crippen LogP contribution in [0.25, 0.3) is 11.1 Å². The van der Waals surface area contributed by atoms with Crippen molar-refractivity contribution in [1.82, 2.24) is 4.90 Å². The van der Waals surface area contributed by atoms with Crippen LogP contribution in [0.2, 0.25) is 0 Å². The molecule has 34 heavy (non-hydrogen) atoms. The second-order valence-electron chi connectivity index (χ2n) is 9.18. The number of benzene rings is 3. The SMILES string of the molecule is O=C(OCC1c2ccccc2-c2ccccc21)N1CCC(Cc2ccc(F)cc2)(C(=O)O)CC1. The summed E-state index contributed by atoms with van der Waals surface area (Å²) in [5.41, 5.74) is 4.45.